The van der Waals surface area contributed by atoms with Gasteiger partial charge in [0.15, 0.2) is 0 Å². The van der Waals surface area contributed by atoms with Crippen molar-refractivity contribution in [3.05, 3.63) is 82.8 Å². The van der Waals surface area contributed by atoms with Crippen molar-refractivity contribution >= 4 is 11.8 Å². The Morgan fingerprint density at radius 1 is 1.12 bits per heavy atom. The number of nitrogens with zero attached hydrogens (tertiary/aromatic N) is 3. The standard InChI is InChI=1S/C21H19N3OS/c1-15-11-16(2)24-21(20(15)12-22)26-14-17-6-8-19(9-7-17)25-13-18-5-3-4-10-23-18/h3-11H,13-14H2,1-2H3. The summed E-state index contributed by atoms with van der Waals surface area (Å²) >= 11 is 1.58. The van der Waals surface area contributed by atoms with Crippen LogP contribution in [0, 0.1) is 25.2 Å². The van der Waals surface area contributed by atoms with E-state index in [1.54, 1.807) is 18.0 Å². The fraction of sp³-hybridized carbons (Fsp3) is 0.190. The van der Waals surface area contributed by atoms with E-state index < -0.39 is 0 Å². The van der Waals surface area contributed by atoms with E-state index in [0.29, 0.717) is 12.2 Å². The van der Waals surface area contributed by atoms with E-state index in [1.165, 1.54) is 0 Å². The van der Waals surface area contributed by atoms with Gasteiger partial charge in [0.05, 0.1) is 11.3 Å². The zero-order chi connectivity index (χ0) is 18.4. The largest absolute Gasteiger partial charge is 0.487 e. The predicted molar refractivity (Wildman–Crippen MR) is 103 cm³/mol. The van der Waals surface area contributed by atoms with Crippen LogP contribution in [0.2, 0.25) is 0 Å². The molecule has 0 aliphatic carbocycles. The van der Waals surface area contributed by atoms with Crippen molar-refractivity contribution in [2.24, 2.45) is 0 Å². The molecule has 0 saturated carbocycles. The van der Waals surface area contributed by atoms with Crippen LogP contribution in [0.4, 0.5) is 0 Å². The molecule has 130 valence electrons. The molecule has 0 aliphatic rings. The maximum absolute atomic E-state index is 9.35. The number of rotatable bonds is 6. The maximum atomic E-state index is 9.35. The van der Waals surface area contributed by atoms with Gasteiger partial charge < -0.3 is 4.74 Å². The second-order valence-electron chi connectivity index (χ2n) is 5.91. The lowest BCUT2D eigenvalue weighted by molar-refractivity contribution is 0.301. The van der Waals surface area contributed by atoms with Gasteiger partial charge in [0.1, 0.15) is 23.5 Å². The van der Waals surface area contributed by atoms with E-state index in [2.05, 4.69) is 16.0 Å². The van der Waals surface area contributed by atoms with Crippen LogP contribution in [0.25, 0.3) is 0 Å². The molecule has 4 nitrogen and oxygen atoms in total. The van der Waals surface area contributed by atoms with Crippen LogP contribution in [-0.2, 0) is 12.4 Å². The minimum absolute atomic E-state index is 0.451. The normalized spacial score (nSPS) is 10.3. The summed E-state index contributed by atoms with van der Waals surface area (Å²) in [5, 5.41) is 10.1. The molecule has 0 aliphatic heterocycles. The molecular formula is C21H19N3OS. The van der Waals surface area contributed by atoms with Crippen LogP contribution in [0.3, 0.4) is 0 Å². The summed E-state index contributed by atoms with van der Waals surface area (Å²) in [5.41, 5.74) is 4.63. The van der Waals surface area contributed by atoms with E-state index >= 15 is 0 Å². The summed E-state index contributed by atoms with van der Waals surface area (Å²) < 4.78 is 5.75. The van der Waals surface area contributed by atoms with E-state index in [-0.39, 0.29) is 0 Å². The Bertz CT molecular complexity index is 918. The van der Waals surface area contributed by atoms with Crippen molar-refractivity contribution < 1.29 is 4.74 Å². The summed E-state index contributed by atoms with van der Waals surface area (Å²) in [5.74, 6) is 1.57. The highest BCUT2D eigenvalue weighted by atomic mass is 32.2. The summed E-state index contributed by atoms with van der Waals surface area (Å²) in [4.78, 5) is 8.75. The highest BCUT2D eigenvalue weighted by Gasteiger charge is 2.09. The molecule has 0 saturated heterocycles. The van der Waals surface area contributed by atoms with Gasteiger partial charge in [-0.3, -0.25) is 4.98 Å². The highest BCUT2D eigenvalue weighted by molar-refractivity contribution is 7.98. The minimum atomic E-state index is 0.451. The van der Waals surface area contributed by atoms with Gasteiger partial charge in [-0.2, -0.15) is 5.26 Å². The summed E-state index contributed by atoms with van der Waals surface area (Å²) in [7, 11) is 0. The third-order valence-electron chi connectivity index (χ3n) is 3.84. The lowest BCUT2D eigenvalue weighted by atomic mass is 10.1. The number of aromatic nitrogens is 2. The Kier molecular flexibility index (Phi) is 5.88. The monoisotopic (exact) mass is 361 g/mol. The molecule has 0 amide bonds. The number of nitriles is 1. The van der Waals surface area contributed by atoms with Crippen molar-refractivity contribution in [3.63, 3.8) is 0 Å². The van der Waals surface area contributed by atoms with Gasteiger partial charge in [0.25, 0.3) is 0 Å². The van der Waals surface area contributed by atoms with Crippen LogP contribution in [0.5, 0.6) is 5.75 Å². The molecule has 3 aromatic rings. The zero-order valence-electron chi connectivity index (χ0n) is 14.8. The molecular weight excluding hydrogens is 342 g/mol. The van der Waals surface area contributed by atoms with Gasteiger partial charge in [-0.05, 0) is 55.3 Å². The molecule has 0 fully saturated rings. The Balaban J connectivity index is 1.61. The number of pyridine rings is 2. The van der Waals surface area contributed by atoms with Crippen LogP contribution in [0.1, 0.15) is 28.1 Å². The van der Waals surface area contributed by atoms with Crippen molar-refractivity contribution in [2.75, 3.05) is 0 Å². The van der Waals surface area contributed by atoms with Gasteiger partial charge in [0, 0.05) is 17.6 Å². The minimum Gasteiger partial charge on any atom is -0.487 e. The first-order valence-corrected chi connectivity index (χ1v) is 9.27. The van der Waals surface area contributed by atoms with Gasteiger partial charge in [-0.15, -0.1) is 11.8 Å². The van der Waals surface area contributed by atoms with E-state index in [1.807, 2.05) is 62.4 Å². The van der Waals surface area contributed by atoms with Crippen LogP contribution in [0.15, 0.2) is 59.8 Å². The molecule has 3 rings (SSSR count). The van der Waals surface area contributed by atoms with Crippen molar-refractivity contribution in [1.82, 2.24) is 9.97 Å². The lowest BCUT2D eigenvalue weighted by Gasteiger charge is -2.09. The molecule has 1 aromatic carbocycles. The first kappa shape index (κ1) is 18.0. The van der Waals surface area contributed by atoms with Crippen LogP contribution in [-0.4, -0.2) is 9.97 Å². The van der Waals surface area contributed by atoms with Gasteiger partial charge in [0.2, 0.25) is 0 Å². The van der Waals surface area contributed by atoms with E-state index in [9.17, 15) is 5.26 Å². The zero-order valence-corrected chi connectivity index (χ0v) is 15.6. The molecule has 0 bridgehead atoms. The third kappa shape index (κ3) is 4.62. The average Bonchev–Trinajstić information content (AvgIpc) is 2.66. The van der Waals surface area contributed by atoms with E-state index in [4.69, 9.17) is 4.74 Å². The number of hydrogen-bond donors (Lipinski definition) is 0. The number of ether oxygens (including phenoxy) is 1. The number of hydrogen-bond acceptors (Lipinski definition) is 5. The molecule has 0 spiro atoms. The average molecular weight is 361 g/mol. The van der Waals surface area contributed by atoms with Crippen molar-refractivity contribution in [1.29, 1.82) is 5.26 Å². The molecule has 2 aromatic heterocycles. The van der Waals surface area contributed by atoms with Gasteiger partial charge in [-0.1, -0.05) is 18.2 Å². The molecule has 2 heterocycles. The lowest BCUT2D eigenvalue weighted by Crippen LogP contribution is -1.97. The second-order valence-corrected chi connectivity index (χ2v) is 6.88. The second kappa shape index (κ2) is 8.50. The topological polar surface area (TPSA) is 58.8 Å². The van der Waals surface area contributed by atoms with E-state index in [0.717, 1.165) is 39.0 Å². The molecule has 0 N–H and O–H groups in total. The Labute approximate surface area is 157 Å². The molecule has 26 heavy (non-hydrogen) atoms. The number of benzene rings is 1. The number of aryl methyl sites for hydroxylation is 2. The Morgan fingerprint density at radius 2 is 1.92 bits per heavy atom. The molecule has 5 heteroatoms. The molecule has 0 radical (unpaired) electrons. The SMILES string of the molecule is Cc1cc(C)c(C#N)c(SCc2ccc(OCc3ccccn3)cc2)n1. The summed E-state index contributed by atoms with van der Waals surface area (Å²) in [6.07, 6.45) is 1.76. The highest BCUT2D eigenvalue weighted by Crippen LogP contribution is 2.27. The molecule has 0 atom stereocenters. The number of thioether (sulfide) groups is 1. The third-order valence-corrected chi connectivity index (χ3v) is 4.88. The summed E-state index contributed by atoms with van der Waals surface area (Å²) in [6.45, 7) is 4.35. The Morgan fingerprint density at radius 3 is 2.62 bits per heavy atom. The van der Waals surface area contributed by atoms with Crippen LogP contribution < -0.4 is 4.74 Å². The Hall–Kier alpha value is -2.84. The fourth-order valence-electron chi connectivity index (χ4n) is 2.52. The van der Waals surface area contributed by atoms with Crippen molar-refractivity contribution in [2.45, 2.75) is 31.2 Å². The van der Waals surface area contributed by atoms with Gasteiger partial charge >= 0.3 is 0 Å². The fourth-order valence-corrected chi connectivity index (χ4v) is 3.57. The summed E-state index contributed by atoms with van der Waals surface area (Å²) in [6, 6.07) is 18.0. The first-order chi connectivity index (χ1) is 12.7. The van der Waals surface area contributed by atoms with Crippen molar-refractivity contribution in [3.8, 4) is 11.8 Å². The quantitative estimate of drug-likeness (QED) is 0.588. The first-order valence-electron chi connectivity index (χ1n) is 8.28. The smallest absolute Gasteiger partial charge is 0.130 e. The van der Waals surface area contributed by atoms with Crippen LogP contribution >= 0.6 is 11.8 Å². The molecule has 0 unspecified atom stereocenters. The van der Waals surface area contributed by atoms with Gasteiger partial charge in [-0.25, -0.2) is 4.98 Å². The maximum Gasteiger partial charge on any atom is 0.130 e. The predicted octanol–water partition coefficient (Wildman–Crippen LogP) is 4.84.